The molecule has 0 aliphatic carbocycles. The summed E-state index contributed by atoms with van der Waals surface area (Å²) in [7, 11) is 0. The van der Waals surface area contributed by atoms with Crippen molar-refractivity contribution in [2.45, 2.75) is 31.7 Å². The van der Waals surface area contributed by atoms with Crippen molar-refractivity contribution in [3.8, 4) is 0 Å². The molecule has 2 rings (SSSR count). The summed E-state index contributed by atoms with van der Waals surface area (Å²) in [5.74, 6) is 1.04. The molecule has 1 unspecified atom stereocenters. The number of alkyl halides is 1. The van der Waals surface area contributed by atoms with E-state index in [4.69, 9.17) is 0 Å². The smallest absolute Gasteiger partial charge is 0.146 e. The number of anilines is 1. The Hall–Kier alpha value is -0.160. The maximum absolute atomic E-state index is 4.39. The van der Waals surface area contributed by atoms with Gasteiger partial charge in [0.15, 0.2) is 0 Å². The first kappa shape index (κ1) is 12.3. The molecule has 0 N–H and O–H groups in total. The number of piperidine rings is 1. The van der Waals surface area contributed by atoms with Gasteiger partial charge in [0.05, 0.1) is 4.47 Å². The van der Waals surface area contributed by atoms with Crippen molar-refractivity contribution in [3.05, 3.63) is 17.0 Å². The largest absolute Gasteiger partial charge is 0.353 e. The van der Waals surface area contributed by atoms with Gasteiger partial charge >= 0.3 is 0 Å². The second-order valence-corrected chi connectivity index (χ2v) is 5.66. The molecule has 0 radical (unpaired) electrons. The third-order valence-corrected chi connectivity index (χ3v) is 4.01. The van der Waals surface area contributed by atoms with E-state index in [-0.39, 0.29) is 0 Å². The molecule has 0 spiro atoms. The fourth-order valence-electron chi connectivity index (χ4n) is 2.22. The van der Waals surface area contributed by atoms with Gasteiger partial charge < -0.3 is 4.90 Å². The van der Waals surface area contributed by atoms with Crippen LogP contribution in [0.25, 0.3) is 0 Å². The third-order valence-electron chi connectivity index (χ3n) is 2.99. The van der Waals surface area contributed by atoms with Gasteiger partial charge in [-0.15, -0.1) is 0 Å². The van der Waals surface area contributed by atoms with E-state index < -0.39 is 0 Å². The number of nitrogens with zero attached hydrogens (tertiary/aromatic N) is 3. The number of hydrogen-bond acceptors (Lipinski definition) is 3. The van der Waals surface area contributed by atoms with Crippen LogP contribution < -0.4 is 4.90 Å². The van der Waals surface area contributed by atoms with Gasteiger partial charge in [-0.2, -0.15) is 0 Å². The molecule has 0 bridgehead atoms. The summed E-state index contributed by atoms with van der Waals surface area (Å²) in [6.07, 6.45) is 8.48. The minimum Gasteiger partial charge on any atom is -0.353 e. The Morgan fingerprint density at radius 1 is 1.44 bits per heavy atom. The molecule has 3 nitrogen and oxygen atoms in total. The van der Waals surface area contributed by atoms with E-state index >= 15 is 0 Å². The summed E-state index contributed by atoms with van der Waals surface area (Å²) < 4.78 is 0.997. The molecule has 1 aliphatic heterocycles. The highest BCUT2D eigenvalue weighted by atomic mass is 79.9. The SMILES string of the molecule is BrCCC1CCCCN1c1ncncc1Br. The van der Waals surface area contributed by atoms with Gasteiger partial charge in [0.2, 0.25) is 0 Å². The number of halogens is 2. The van der Waals surface area contributed by atoms with Crippen molar-refractivity contribution in [1.29, 1.82) is 0 Å². The molecule has 88 valence electrons. The first-order chi connectivity index (χ1) is 7.83. The van der Waals surface area contributed by atoms with E-state index in [1.807, 2.05) is 6.20 Å². The molecule has 1 aromatic rings. The van der Waals surface area contributed by atoms with Crippen LogP contribution >= 0.6 is 31.9 Å². The van der Waals surface area contributed by atoms with Gasteiger partial charge in [-0.1, -0.05) is 15.9 Å². The molecule has 2 heterocycles. The lowest BCUT2D eigenvalue weighted by Gasteiger charge is -2.36. The predicted molar refractivity (Wildman–Crippen MR) is 73.1 cm³/mol. The summed E-state index contributed by atoms with van der Waals surface area (Å²) >= 11 is 7.06. The minimum absolute atomic E-state index is 0.610. The first-order valence-electron chi connectivity index (χ1n) is 5.61. The summed E-state index contributed by atoms with van der Waals surface area (Å²) in [5, 5.41) is 1.05. The lowest BCUT2D eigenvalue weighted by Crippen LogP contribution is -2.40. The normalized spacial score (nSPS) is 21.1. The van der Waals surface area contributed by atoms with Gasteiger partial charge in [-0.05, 0) is 41.6 Å². The van der Waals surface area contributed by atoms with Crippen LogP contribution in [0.2, 0.25) is 0 Å². The lowest BCUT2D eigenvalue weighted by atomic mass is 10.0. The zero-order valence-electron chi connectivity index (χ0n) is 9.07. The van der Waals surface area contributed by atoms with Crippen LogP contribution in [-0.4, -0.2) is 27.9 Å². The number of hydrogen-bond donors (Lipinski definition) is 0. The highest BCUT2D eigenvalue weighted by Gasteiger charge is 2.24. The molecule has 1 fully saturated rings. The molecule has 1 aliphatic rings. The molecular formula is C11H15Br2N3. The second-order valence-electron chi connectivity index (χ2n) is 4.01. The molecule has 5 heteroatoms. The Morgan fingerprint density at radius 3 is 3.06 bits per heavy atom. The second kappa shape index (κ2) is 5.96. The van der Waals surface area contributed by atoms with Crippen molar-refractivity contribution in [1.82, 2.24) is 9.97 Å². The fraction of sp³-hybridized carbons (Fsp3) is 0.636. The van der Waals surface area contributed by atoms with Crippen molar-refractivity contribution >= 4 is 37.7 Å². The van der Waals surface area contributed by atoms with E-state index in [2.05, 4.69) is 46.7 Å². The standard InChI is InChI=1S/C11H15Br2N3/c12-5-4-9-3-1-2-6-16(9)11-10(13)7-14-8-15-11/h7-9H,1-6H2. The van der Waals surface area contributed by atoms with Crippen LogP contribution in [0.15, 0.2) is 17.0 Å². The molecule has 0 aromatic carbocycles. The minimum atomic E-state index is 0.610. The Kier molecular flexibility index (Phi) is 4.58. The Bertz CT molecular complexity index is 344. The topological polar surface area (TPSA) is 29.0 Å². The van der Waals surface area contributed by atoms with Crippen LogP contribution in [0, 0.1) is 0 Å². The van der Waals surface area contributed by atoms with E-state index in [1.54, 1.807) is 6.33 Å². The molecule has 0 amide bonds. The number of rotatable bonds is 3. The monoisotopic (exact) mass is 347 g/mol. The summed E-state index contributed by atoms with van der Waals surface area (Å²) in [4.78, 5) is 10.8. The highest BCUT2D eigenvalue weighted by Crippen LogP contribution is 2.30. The van der Waals surface area contributed by atoms with Crippen molar-refractivity contribution in [2.24, 2.45) is 0 Å². The lowest BCUT2D eigenvalue weighted by molar-refractivity contribution is 0.448. The van der Waals surface area contributed by atoms with E-state index in [0.717, 1.165) is 22.2 Å². The van der Waals surface area contributed by atoms with Crippen molar-refractivity contribution < 1.29 is 0 Å². The van der Waals surface area contributed by atoms with Gasteiger partial charge in [0, 0.05) is 24.1 Å². The molecule has 1 saturated heterocycles. The van der Waals surface area contributed by atoms with Crippen LogP contribution in [0.4, 0.5) is 5.82 Å². The maximum atomic E-state index is 4.39. The van der Waals surface area contributed by atoms with Crippen LogP contribution in [-0.2, 0) is 0 Å². The van der Waals surface area contributed by atoms with Gasteiger partial charge in [-0.25, -0.2) is 9.97 Å². The average molecular weight is 349 g/mol. The predicted octanol–water partition coefficient (Wildman–Crippen LogP) is 3.38. The van der Waals surface area contributed by atoms with Crippen molar-refractivity contribution in [3.63, 3.8) is 0 Å². The molecular weight excluding hydrogens is 334 g/mol. The Balaban J connectivity index is 2.19. The van der Waals surface area contributed by atoms with E-state index in [1.165, 1.54) is 25.7 Å². The summed E-state index contributed by atoms with van der Waals surface area (Å²) in [6.45, 7) is 1.10. The summed E-state index contributed by atoms with van der Waals surface area (Å²) in [5.41, 5.74) is 0. The van der Waals surface area contributed by atoms with Crippen LogP contribution in [0.3, 0.4) is 0 Å². The zero-order chi connectivity index (χ0) is 11.4. The van der Waals surface area contributed by atoms with Crippen molar-refractivity contribution in [2.75, 3.05) is 16.8 Å². The zero-order valence-corrected chi connectivity index (χ0v) is 12.2. The third kappa shape index (κ3) is 2.74. The first-order valence-corrected chi connectivity index (χ1v) is 7.52. The van der Waals surface area contributed by atoms with Gasteiger partial charge in [0.1, 0.15) is 12.1 Å². The highest BCUT2D eigenvalue weighted by molar-refractivity contribution is 9.10. The molecule has 1 atom stereocenters. The van der Waals surface area contributed by atoms with Crippen LogP contribution in [0.1, 0.15) is 25.7 Å². The average Bonchev–Trinajstić information content (AvgIpc) is 2.31. The van der Waals surface area contributed by atoms with Gasteiger partial charge in [0.25, 0.3) is 0 Å². The Labute approximate surface area is 113 Å². The molecule has 0 saturated carbocycles. The number of aromatic nitrogens is 2. The quantitative estimate of drug-likeness (QED) is 0.784. The molecule has 1 aromatic heterocycles. The van der Waals surface area contributed by atoms with E-state index in [0.29, 0.717) is 6.04 Å². The summed E-state index contributed by atoms with van der Waals surface area (Å²) in [6, 6.07) is 0.610. The molecule has 16 heavy (non-hydrogen) atoms. The fourth-order valence-corrected chi connectivity index (χ4v) is 3.20. The van der Waals surface area contributed by atoms with Crippen LogP contribution in [0.5, 0.6) is 0 Å². The Morgan fingerprint density at radius 2 is 2.31 bits per heavy atom. The van der Waals surface area contributed by atoms with E-state index in [9.17, 15) is 0 Å². The maximum Gasteiger partial charge on any atom is 0.146 e. The van der Waals surface area contributed by atoms with Gasteiger partial charge in [-0.3, -0.25) is 0 Å².